The second-order valence-electron chi connectivity index (χ2n) is 8.42. The fourth-order valence-electron chi connectivity index (χ4n) is 4.16. The van der Waals surface area contributed by atoms with Gasteiger partial charge in [-0.25, -0.2) is 18.3 Å². The molecule has 8 N–H and O–H groups in total. The lowest BCUT2D eigenvalue weighted by Gasteiger charge is -2.55. The maximum Gasteiger partial charge on any atom is 0.470 e. The first-order valence-corrected chi connectivity index (χ1v) is 17.5. The minimum atomic E-state index is -5.78. The van der Waals surface area contributed by atoms with Gasteiger partial charge in [0, 0.05) is 13.0 Å². The van der Waals surface area contributed by atoms with Gasteiger partial charge in [-0.3, -0.25) is 22.9 Å². The van der Waals surface area contributed by atoms with Crippen LogP contribution in [-0.2, 0) is 50.6 Å². The van der Waals surface area contributed by atoms with Crippen molar-refractivity contribution in [2.45, 2.75) is 89.0 Å². The van der Waals surface area contributed by atoms with Crippen molar-refractivity contribution >= 4 is 37.3 Å². The minimum Gasteiger partial charge on any atom is -0.453 e. The highest BCUT2D eigenvalue weighted by molar-refractivity contribution is 7.47. The zero-order chi connectivity index (χ0) is 30.4. The summed E-state index contributed by atoms with van der Waals surface area (Å²) in [5, 5.41) is 0. The molecule has 1 rings (SSSR count). The topological polar surface area (TPSA) is 303 Å². The molecule has 0 heterocycles. The van der Waals surface area contributed by atoms with Crippen molar-refractivity contribution in [3.63, 3.8) is 0 Å². The number of phosphoric acid groups is 4. The third-order valence-corrected chi connectivity index (χ3v) is 7.19. The van der Waals surface area contributed by atoms with Crippen LogP contribution in [0.2, 0.25) is 0 Å². The Kier molecular flexibility index (Phi) is 13.6. The molecule has 1 aliphatic carbocycles. The Morgan fingerprint density at radius 1 is 0.641 bits per heavy atom. The standard InChI is InChI=1S/C16H34O19P4/c1-4-7-10(17)31-16(8-5-2)14(30-9-6-3)12(33-37(21,22)23)11(32-36(18,19)20)13(34-38(24,25)26)15(16)35-39(27,28)29/h11-15H,4-9H2,1-3H3,(H2,18,19,20)(H2,21,22,23)(H2,24,25,26)(H2,27,28,29)/t11-,12-,13+,14+,15-,16+/m1/s1. The fraction of sp³-hybridized carbons (Fsp3) is 0.938. The minimum absolute atomic E-state index is 0.0400. The molecule has 0 saturated heterocycles. The van der Waals surface area contributed by atoms with Crippen molar-refractivity contribution in [3.05, 3.63) is 0 Å². The molecule has 0 bridgehead atoms. The lowest BCUT2D eigenvalue weighted by Crippen LogP contribution is -2.73. The highest BCUT2D eigenvalue weighted by Gasteiger charge is 2.68. The quantitative estimate of drug-likeness (QED) is 0.0834. The Bertz CT molecular complexity index is 997. The van der Waals surface area contributed by atoms with Crippen LogP contribution in [0.25, 0.3) is 0 Å². The van der Waals surface area contributed by atoms with Gasteiger partial charge in [0.1, 0.15) is 30.5 Å². The van der Waals surface area contributed by atoms with Gasteiger partial charge in [0.05, 0.1) is 0 Å². The van der Waals surface area contributed by atoms with Crippen LogP contribution < -0.4 is 0 Å². The van der Waals surface area contributed by atoms with E-state index in [2.05, 4.69) is 9.05 Å². The number of phosphoric ester groups is 4. The van der Waals surface area contributed by atoms with Crippen molar-refractivity contribution in [2.75, 3.05) is 6.61 Å². The third kappa shape index (κ3) is 11.9. The zero-order valence-corrected chi connectivity index (χ0v) is 24.6. The number of hydrogen-bond acceptors (Lipinski definition) is 11. The van der Waals surface area contributed by atoms with Gasteiger partial charge in [0.15, 0.2) is 5.60 Å². The fourth-order valence-corrected chi connectivity index (χ4v) is 6.41. The Morgan fingerprint density at radius 3 is 1.46 bits per heavy atom. The summed E-state index contributed by atoms with van der Waals surface area (Å²) < 4.78 is 77.5. The summed E-state index contributed by atoms with van der Waals surface area (Å²) in [6.45, 7) is 4.29. The molecule has 0 aromatic rings. The first-order valence-electron chi connectivity index (χ1n) is 11.4. The predicted octanol–water partition coefficient (Wildman–Crippen LogP) is 0.589. The summed E-state index contributed by atoms with van der Waals surface area (Å²) in [5.41, 5.74) is -2.58. The van der Waals surface area contributed by atoms with E-state index >= 15 is 0 Å². The average Bonchev–Trinajstić information content (AvgIpc) is 2.70. The number of ether oxygens (including phenoxy) is 2. The van der Waals surface area contributed by atoms with Crippen molar-refractivity contribution in [1.29, 1.82) is 0 Å². The highest BCUT2D eigenvalue weighted by Crippen LogP contribution is 2.57. The van der Waals surface area contributed by atoms with Crippen LogP contribution in [0.15, 0.2) is 0 Å². The van der Waals surface area contributed by atoms with Gasteiger partial charge in [-0.05, 0) is 19.3 Å². The van der Waals surface area contributed by atoms with Crippen molar-refractivity contribution < 1.29 is 89.8 Å². The highest BCUT2D eigenvalue weighted by atomic mass is 31.2. The SMILES string of the molecule is CCCO[C@H]1[C@H](OP(=O)(O)O)[C@@H](OP(=O)(O)O)[C@H](OP(=O)(O)O)[C@@H](OP(=O)(O)O)[C@@]1(CCC)OC(=O)CCC. The molecule has 1 aliphatic rings. The second-order valence-corrected chi connectivity index (χ2v) is 13.2. The van der Waals surface area contributed by atoms with Gasteiger partial charge in [-0.15, -0.1) is 0 Å². The van der Waals surface area contributed by atoms with Crippen LogP contribution in [0.5, 0.6) is 0 Å². The van der Waals surface area contributed by atoms with Crippen molar-refractivity contribution in [1.82, 2.24) is 0 Å². The number of rotatable bonds is 16. The maximum absolute atomic E-state index is 12.7. The van der Waals surface area contributed by atoms with Crippen LogP contribution in [-0.4, -0.2) is 87.8 Å². The van der Waals surface area contributed by atoms with E-state index in [0.29, 0.717) is 0 Å². The van der Waals surface area contributed by atoms with E-state index in [4.69, 9.17) is 18.5 Å². The molecule has 39 heavy (non-hydrogen) atoms. The molecule has 0 amide bonds. The Balaban J connectivity index is 4.20. The summed E-state index contributed by atoms with van der Waals surface area (Å²) in [7, 11) is -22.9. The summed E-state index contributed by atoms with van der Waals surface area (Å²) in [4.78, 5) is 89.4. The molecular weight excluding hydrogens is 620 g/mol. The van der Waals surface area contributed by atoms with Gasteiger partial charge in [0.25, 0.3) is 0 Å². The number of esters is 1. The van der Waals surface area contributed by atoms with Crippen LogP contribution >= 0.6 is 31.3 Å². The molecular formula is C16H34O19P4. The van der Waals surface area contributed by atoms with E-state index in [-0.39, 0.29) is 32.3 Å². The molecule has 0 aromatic heterocycles. The van der Waals surface area contributed by atoms with Crippen molar-refractivity contribution in [2.24, 2.45) is 0 Å². The van der Waals surface area contributed by atoms with Gasteiger partial charge in [-0.2, -0.15) is 0 Å². The number of carbonyl (C=O) groups excluding carboxylic acids is 1. The molecule has 1 fully saturated rings. The molecule has 6 atom stereocenters. The average molecular weight is 654 g/mol. The van der Waals surface area contributed by atoms with E-state index in [1.807, 2.05) is 0 Å². The van der Waals surface area contributed by atoms with Crippen molar-refractivity contribution in [3.8, 4) is 0 Å². The Labute approximate surface area is 223 Å². The molecule has 0 aromatic carbocycles. The predicted molar refractivity (Wildman–Crippen MR) is 126 cm³/mol. The normalized spacial score (nSPS) is 28.8. The van der Waals surface area contributed by atoms with E-state index in [1.165, 1.54) is 6.92 Å². The number of hydrogen-bond donors (Lipinski definition) is 8. The monoisotopic (exact) mass is 654 g/mol. The molecule has 23 heteroatoms. The van der Waals surface area contributed by atoms with Gasteiger partial charge < -0.3 is 48.6 Å². The maximum atomic E-state index is 12.7. The van der Waals surface area contributed by atoms with E-state index < -0.39 is 79.8 Å². The molecule has 1 saturated carbocycles. The van der Waals surface area contributed by atoms with E-state index in [9.17, 15) is 62.2 Å². The Hall–Kier alpha value is -0.130. The molecule has 0 unspecified atom stereocenters. The Morgan fingerprint density at radius 2 is 1.08 bits per heavy atom. The van der Waals surface area contributed by atoms with Gasteiger partial charge in [0.2, 0.25) is 0 Å². The van der Waals surface area contributed by atoms with Gasteiger partial charge in [-0.1, -0.05) is 27.2 Å². The van der Waals surface area contributed by atoms with E-state index in [1.54, 1.807) is 13.8 Å². The van der Waals surface area contributed by atoms with Crippen LogP contribution in [0.4, 0.5) is 0 Å². The summed E-state index contributed by atoms with van der Waals surface area (Å²) >= 11 is 0. The largest absolute Gasteiger partial charge is 0.470 e. The third-order valence-electron chi connectivity index (χ3n) is 5.14. The second kappa shape index (κ2) is 14.4. The smallest absolute Gasteiger partial charge is 0.453 e. The first kappa shape index (κ1) is 36.9. The first-order chi connectivity index (χ1) is 17.6. The molecule has 0 radical (unpaired) electrons. The summed E-state index contributed by atoms with van der Waals surface area (Å²) in [5.74, 6) is -1.06. The molecule has 0 aliphatic heterocycles. The lowest BCUT2D eigenvalue weighted by atomic mass is 9.72. The van der Waals surface area contributed by atoms with Crippen LogP contribution in [0, 0.1) is 0 Å². The van der Waals surface area contributed by atoms with Gasteiger partial charge >= 0.3 is 37.3 Å². The molecule has 0 spiro atoms. The molecule has 19 nitrogen and oxygen atoms in total. The van der Waals surface area contributed by atoms with Crippen LogP contribution in [0.3, 0.4) is 0 Å². The lowest BCUT2D eigenvalue weighted by molar-refractivity contribution is -0.276. The summed E-state index contributed by atoms with van der Waals surface area (Å²) in [6.07, 6.45) is -12.8. The molecule has 232 valence electrons. The van der Waals surface area contributed by atoms with Crippen LogP contribution in [0.1, 0.15) is 52.9 Å². The van der Waals surface area contributed by atoms with E-state index in [0.717, 1.165) is 0 Å². The zero-order valence-electron chi connectivity index (χ0n) is 21.0. The number of carbonyl (C=O) groups is 1. The summed E-state index contributed by atoms with van der Waals surface area (Å²) in [6, 6.07) is 0.